The van der Waals surface area contributed by atoms with E-state index in [2.05, 4.69) is 15.5 Å². The fourth-order valence-electron chi connectivity index (χ4n) is 3.50. The second-order valence-corrected chi connectivity index (χ2v) is 7.92. The summed E-state index contributed by atoms with van der Waals surface area (Å²) in [5.74, 6) is 0.0301. The van der Waals surface area contributed by atoms with Crippen molar-refractivity contribution >= 4 is 17.6 Å². The molecule has 2 aromatic carbocycles. The summed E-state index contributed by atoms with van der Waals surface area (Å²) in [7, 11) is 0. The number of anilines is 1. The number of nitrogens with zero attached hydrogens (tertiary/aromatic N) is 4. The predicted molar refractivity (Wildman–Crippen MR) is 126 cm³/mol. The number of aryl methyl sites for hydroxylation is 1. The van der Waals surface area contributed by atoms with Gasteiger partial charge in [0.05, 0.1) is 23.6 Å². The van der Waals surface area contributed by atoms with Crippen LogP contribution < -0.4 is 10.1 Å². The third-order valence-corrected chi connectivity index (χ3v) is 5.42. The second kappa shape index (κ2) is 9.62. The van der Waals surface area contributed by atoms with E-state index in [9.17, 15) is 9.59 Å². The lowest BCUT2D eigenvalue weighted by Gasteiger charge is -2.09. The second-order valence-electron chi connectivity index (χ2n) is 7.92. The molecule has 0 fully saturated rings. The number of amides is 1. The van der Waals surface area contributed by atoms with Gasteiger partial charge in [0.25, 0.3) is 5.91 Å². The lowest BCUT2D eigenvalue weighted by atomic mass is 10.2. The highest BCUT2D eigenvalue weighted by Gasteiger charge is 2.20. The van der Waals surface area contributed by atoms with Crippen molar-refractivity contribution in [3.63, 3.8) is 0 Å². The van der Waals surface area contributed by atoms with Crippen LogP contribution in [0.4, 0.5) is 5.69 Å². The summed E-state index contributed by atoms with van der Waals surface area (Å²) in [6, 6.07) is 18.0. The number of carboxylic acid groups (broad SMARTS) is 1. The van der Waals surface area contributed by atoms with E-state index in [-0.39, 0.29) is 5.69 Å². The number of ether oxygens (including phenoxy) is 1. The van der Waals surface area contributed by atoms with Crippen LogP contribution in [0.5, 0.6) is 11.5 Å². The standard InChI is InChI=1S/C25H25N5O4/c1-16-23(26-24(31)22-12-13-29(28-22)18(3)25(32)33)17(2)30(27-16)15-19-8-7-11-21(14-19)34-20-9-5-4-6-10-20/h4-14,18H,15H2,1-3H3,(H,26,31)(H,32,33). The van der Waals surface area contributed by atoms with Crippen LogP contribution in [0.15, 0.2) is 66.9 Å². The first kappa shape index (κ1) is 22.8. The van der Waals surface area contributed by atoms with Gasteiger partial charge < -0.3 is 15.2 Å². The van der Waals surface area contributed by atoms with E-state index in [4.69, 9.17) is 9.84 Å². The van der Waals surface area contributed by atoms with Crippen molar-refractivity contribution in [2.45, 2.75) is 33.4 Å². The smallest absolute Gasteiger partial charge is 0.328 e. The van der Waals surface area contributed by atoms with E-state index in [1.165, 1.54) is 23.9 Å². The molecule has 0 saturated carbocycles. The highest BCUT2D eigenvalue weighted by atomic mass is 16.5. The van der Waals surface area contributed by atoms with Gasteiger partial charge in [-0.25, -0.2) is 4.79 Å². The molecule has 9 heteroatoms. The lowest BCUT2D eigenvalue weighted by Crippen LogP contribution is -2.18. The Kier molecular flexibility index (Phi) is 6.44. The first-order valence-electron chi connectivity index (χ1n) is 10.8. The quantitative estimate of drug-likeness (QED) is 0.403. The van der Waals surface area contributed by atoms with Crippen LogP contribution >= 0.6 is 0 Å². The highest BCUT2D eigenvalue weighted by Crippen LogP contribution is 2.24. The molecule has 0 bridgehead atoms. The molecule has 1 unspecified atom stereocenters. The maximum atomic E-state index is 12.7. The Morgan fingerprint density at radius 1 is 1.03 bits per heavy atom. The minimum absolute atomic E-state index is 0.130. The van der Waals surface area contributed by atoms with Crippen LogP contribution in [0.1, 0.15) is 40.4 Å². The van der Waals surface area contributed by atoms with Crippen molar-refractivity contribution in [2.75, 3.05) is 5.32 Å². The zero-order valence-corrected chi connectivity index (χ0v) is 19.1. The monoisotopic (exact) mass is 459 g/mol. The SMILES string of the molecule is Cc1nn(Cc2cccc(Oc3ccccc3)c2)c(C)c1NC(=O)c1ccn(C(C)C(=O)O)n1. The van der Waals surface area contributed by atoms with Crippen molar-refractivity contribution in [3.8, 4) is 11.5 Å². The molecule has 1 atom stereocenters. The molecule has 174 valence electrons. The predicted octanol–water partition coefficient (Wildman–Crippen LogP) is 4.43. The van der Waals surface area contributed by atoms with Crippen LogP contribution in [0.2, 0.25) is 0 Å². The van der Waals surface area contributed by atoms with E-state index in [1.54, 1.807) is 0 Å². The number of nitrogens with one attached hydrogen (secondary N) is 1. The molecule has 1 amide bonds. The number of carbonyl (C=O) groups excluding carboxylic acids is 1. The van der Waals surface area contributed by atoms with Gasteiger partial charge in [0.2, 0.25) is 0 Å². The largest absolute Gasteiger partial charge is 0.480 e. The number of aromatic nitrogens is 4. The topological polar surface area (TPSA) is 111 Å². The average Bonchev–Trinajstić information content (AvgIpc) is 3.41. The molecule has 34 heavy (non-hydrogen) atoms. The van der Waals surface area contributed by atoms with Gasteiger partial charge >= 0.3 is 5.97 Å². The fourth-order valence-corrected chi connectivity index (χ4v) is 3.50. The van der Waals surface area contributed by atoms with E-state index < -0.39 is 17.9 Å². The molecule has 2 aromatic heterocycles. The van der Waals surface area contributed by atoms with Gasteiger partial charge in [-0.05, 0) is 56.7 Å². The molecule has 0 aliphatic heterocycles. The molecule has 4 aromatic rings. The third-order valence-electron chi connectivity index (χ3n) is 5.42. The van der Waals surface area contributed by atoms with E-state index in [0.29, 0.717) is 17.9 Å². The molecule has 4 rings (SSSR count). The van der Waals surface area contributed by atoms with Gasteiger partial charge in [-0.1, -0.05) is 30.3 Å². The number of carboxylic acids is 1. The lowest BCUT2D eigenvalue weighted by molar-refractivity contribution is -0.140. The summed E-state index contributed by atoms with van der Waals surface area (Å²) < 4.78 is 8.98. The van der Waals surface area contributed by atoms with Crippen molar-refractivity contribution in [3.05, 3.63) is 89.5 Å². The highest BCUT2D eigenvalue weighted by molar-refractivity contribution is 6.03. The number of hydrogen-bond donors (Lipinski definition) is 2. The molecule has 0 radical (unpaired) electrons. The number of carbonyl (C=O) groups is 2. The van der Waals surface area contributed by atoms with E-state index in [0.717, 1.165) is 22.8 Å². The maximum Gasteiger partial charge on any atom is 0.328 e. The summed E-state index contributed by atoms with van der Waals surface area (Å²) in [5, 5.41) is 20.7. The molecule has 0 aliphatic carbocycles. The first-order valence-corrected chi connectivity index (χ1v) is 10.8. The van der Waals surface area contributed by atoms with Crippen LogP contribution in [0.3, 0.4) is 0 Å². The molecule has 9 nitrogen and oxygen atoms in total. The Morgan fingerprint density at radius 2 is 1.76 bits per heavy atom. The average molecular weight is 460 g/mol. The molecular weight excluding hydrogens is 434 g/mol. The Bertz CT molecular complexity index is 1330. The fraction of sp³-hybridized carbons (Fsp3) is 0.200. The number of benzene rings is 2. The first-order chi connectivity index (χ1) is 16.3. The molecule has 0 saturated heterocycles. The van der Waals surface area contributed by atoms with Crippen LogP contribution in [0, 0.1) is 13.8 Å². The van der Waals surface area contributed by atoms with Crippen LogP contribution in [-0.2, 0) is 11.3 Å². The van der Waals surface area contributed by atoms with Gasteiger partial charge in [-0.3, -0.25) is 14.2 Å². The Morgan fingerprint density at radius 3 is 2.50 bits per heavy atom. The van der Waals surface area contributed by atoms with E-state index in [1.807, 2.05) is 73.1 Å². The zero-order chi connectivity index (χ0) is 24.2. The minimum Gasteiger partial charge on any atom is -0.480 e. The maximum absolute atomic E-state index is 12.7. The number of aliphatic carboxylic acids is 1. The number of hydrogen-bond acceptors (Lipinski definition) is 5. The third kappa shape index (κ3) is 4.98. The van der Waals surface area contributed by atoms with Gasteiger partial charge in [0.1, 0.15) is 17.5 Å². The van der Waals surface area contributed by atoms with Crippen molar-refractivity contribution in [1.82, 2.24) is 19.6 Å². The summed E-state index contributed by atoms with van der Waals surface area (Å²) in [6.45, 7) is 5.69. The molecule has 2 N–H and O–H groups in total. The summed E-state index contributed by atoms with van der Waals surface area (Å²) in [4.78, 5) is 23.9. The number of rotatable bonds is 8. The summed E-state index contributed by atoms with van der Waals surface area (Å²) >= 11 is 0. The molecule has 0 spiro atoms. The van der Waals surface area contributed by atoms with Gasteiger partial charge in [0, 0.05) is 6.20 Å². The summed E-state index contributed by atoms with van der Waals surface area (Å²) in [5.41, 5.74) is 3.19. The normalized spacial score (nSPS) is 11.7. The zero-order valence-electron chi connectivity index (χ0n) is 19.1. The van der Waals surface area contributed by atoms with E-state index >= 15 is 0 Å². The van der Waals surface area contributed by atoms with Gasteiger partial charge in [-0.2, -0.15) is 10.2 Å². The molecular formula is C25H25N5O4. The van der Waals surface area contributed by atoms with Gasteiger partial charge in [0.15, 0.2) is 5.69 Å². The van der Waals surface area contributed by atoms with Crippen LogP contribution in [0.25, 0.3) is 0 Å². The van der Waals surface area contributed by atoms with Gasteiger partial charge in [-0.15, -0.1) is 0 Å². The van der Waals surface area contributed by atoms with Crippen molar-refractivity contribution in [1.29, 1.82) is 0 Å². The Hall–Kier alpha value is -4.40. The minimum atomic E-state index is -1.03. The van der Waals surface area contributed by atoms with Crippen molar-refractivity contribution < 1.29 is 19.4 Å². The molecule has 2 heterocycles. The Labute approximate surface area is 196 Å². The summed E-state index contributed by atoms with van der Waals surface area (Å²) in [6.07, 6.45) is 1.47. The van der Waals surface area contributed by atoms with Crippen LogP contribution in [-0.4, -0.2) is 36.5 Å². The Balaban J connectivity index is 1.48. The van der Waals surface area contributed by atoms with Crippen molar-refractivity contribution in [2.24, 2.45) is 0 Å². The molecule has 0 aliphatic rings. The number of para-hydroxylation sites is 1.